The summed E-state index contributed by atoms with van der Waals surface area (Å²) < 4.78 is 2.01. The van der Waals surface area contributed by atoms with Crippen molar-refractivity contribution in [2.75, 3.05) is 11.9 Å². The van der Waals surface area contributed by atoms with Crippen molar-refractivity contribution in [2.45, 2.75) is 33.1 Å². The second kappa shape index (κ2) is 5.85. The summed E-state index contributed by atoms with van der Waals surface area (Å²) in [4.78, 5) is 8.75. The van der Waals surface area contributed by atoms with E-state index in [4.69, 9.17) is 0 Å². The number of nitrogens with one attached hydrogen (secondary N) is 1. The second-order valence-corrected chi connectivity index (χ2v) is 5.20. The Morgan fingerprint density at radius 3 is 2.89 bits per heavy atom. The van der Waals surface area contributed by atoms with Crippen LogP contribution in [-0.4, -0.2) is 21.1 Å². The van der Waals surface area contributed by atoms with E-state index in [-0.39, 0.29) is 0 Å². The van der Waals surface area contributed by atoms with Gasteiger partial charge in [0.25, 0.3) is 0 Å². The van der Waals surface area contributed by atoms with Crippen LogP contribution in [0.25, 0.3) is 11.0 Å². The lowest BCUT2D eigenvalue weighted by atomic mass is 10.1. The lowest BCUT2D eigenvalue weighted by Gasteiger charge is -2.07. The third kappa shape index (κ3) is 3.00. The summed E-state index contributed by atoms with van der Waals surface area (Å²) in [6.45, 7) is 5.50. The van der Waals surface area contributed by atoms with Gasteiger partial charge in [0.05, 0.1) is 11.8 Å². The van der Waals surface area contributed by atoms with E-state index in [9.17, 15) is 0 Å². The number of anilines is 1. The number of rotatable bonds is 6. The Kier molecular flexibility index (Phi) is 4.18. The molecule has 0 aliphatic rings. The molecule has 4 heteroatoms. The van der Waals surface area contributed by atoms with Gasteiger partial charge >= 0.3 is 0 Å². The molecule has 0 spiro atoms. The molecular formula is C14H22N4. The average molecular weight is 246 g/mol. The summed E-state index contributed by atoms with van der Waals surface area (Å²) in [7, 11) is 2.00. The van der Waals surface area contributed by atoms with Crippen LogP contribution in [-0.2, 0) is 7.05 Å². The van der Waals surface area contributed by atoms with Gasteiger partial charge in [0.2, 0.25) is 0 Å². The minimum atomic E-state index is 0.794. The van der Waals surface area contributed by atoms with Crippen molar-refractivity contribution in [3.05, 3.63) is 18.6 Å². The summed E-state index contributed by atoms with van der Waals surface area (Å²) >= 11 is 0. The van der Waals surface area contributed by atoms with Gasteiger partial charge in [-0.25, -0.2) is 9.97 Å². The fourth-order valence-corrected chi connectivity index (χ4v) is 2.08. The topological polar surface area (TPSA) is 42.7 Å². The predicted octanol–water partition coefficient (Wildman–Crippen LogP) is 3.21. The maximum atomic E-state index is 4.38. The first kappa shape index (κ1) is 12.9. The Morgan fingerprint density at radius 2 is 2.11 bits per heavy atom. The third-order valence-corrected chi connectivity index (χ3v) is 3.14. The summed E-state index contributed by atoms with van der Waals surface area (Å²) in [5.74, 6) is 1.69. The molecule has 0 fully saturated rings. The Hall–Kier alpha value is -1.58. The smallest absolute Gasteiger partial charge is 0.154 e. The van der Waals surface area contributed by atoms with Gasteiger partial charge in [-0.1, -0.05) is 26.7 Å². The summed E-state index contributed by atoms with van der Waals surface area (Å²) in [6.07, 6.45) is 7.41. The molecule has 0 aliphatic carbocycles. The molecule has 0 radical (unpaired) electrons. The summed E-state index contributed by atoms with van der Waals surface area (Å²) in [5.41, 5.74) is 2.08. The fourth-order valence-electron chi connectivity index (χ4n) is 2.08. The Balaban J connectivity index is 1.92. The molecule has 0 atom stereocenters. The number of unbranched alkanes of at least 4 members (excludes halogenated alkanes) is 1. The van der Waals surface area contributed by atoms with Gasteiger partial charge in [-0.3, -0.25) is 0 Å². The molecule has 0 aromatic carbocycles. The Labute approximate surface area is 108 Å². The third-order valence-electron chi connectivity index (χ3n) is 3.14. The number of imidazole rings is 1. The average Bonchev–Trinajstić information content (AvgIpc) is 2.71. The molecule has 2 rings (SSSR count). The van der Waals surface area contributed by atoms with Crippen LogP contribution in [0.5, 0.6) is 0 Å². The van der Waals surface area contributed by atoms with E-state index in [1.165, 1.54) is 19.3 Å². The zero-order valence-electron chi connectivity index (χ0n) is 11.5. The van der Waals surface area contributed by atoms with Crippen LogP contribution in [0.1, 0.15) is 33.1 Å². The minimum Gasteiger partial charge on any atom is -0.368 e. The highest BCUT2D eigenvalue weighted by Gasteiger charge is 2.05. The van der Waals surface area contributed by atoms with Crippen LogP contribution in [0.15, 0.2) is 18.6 Å². The van der Waals surface area contributed by atoms with Crippen LogP contribution in [0.3, 0.4) is 0 Å². The zero-order valence-corrected chi connectivity index (χ0v) is 11.5. The second-order valence-electron chi connectivity index (χ2n) is 5.20. The van der Waals surface area contributed by atoms with Gasteiger partial charge in [0.1, 0.15) is 5.52 Å². The van der Waals surface area contributed by atoms with Crippen LogP contribution < -0.4 is 5.32 Å². The van der Waals surface area contributed by atoms with Crippen LogP contribution in [0.2, 0.25) is 0 Å². The number of pyridine rings is 1. The van der Waals surface area contributed by atoms with Crippen LogP contribution >= 0.6 is 0 Å². The standard InChI is InChI=1S/C14H22N4/c1-11(2)6-4-5-8-15-14-13-12(7-9-16-14)18(3)10-17-13/h7,9-11H,4-6,8H2,1-3H3,(H,15,16). The summed E-state index contributed by atoms with van der Waals surface area (Å²) in [6, 6.07) is 1.99. The van der Waals surface area contributed by atoms with Crippen LogP contribution in [0.4, 0.5) is 5.82 Å². The normalized spacial score (nSPS) is 11.3. The molecule has 0 amide bonds. The molecule has 0 saturated heterocycles. The molecule has 4 nitrogen and oxygen atoms in total. The number of hydrogen-bond donors (Lipinski definition) is 1. The highest BCUT2D eigenvalue weighted by Crippen LogP contribution is 2.18. The van der Waals surface area contributed by atoms with Crippen molar-refractivity contribution in [1.29, 1.82) is 0 Å². The molecule has 0 saturated carbocycles. The van der Waals surface area contributed by atoms with E-state index < -0.39 is 0 Å². The molecule has 1 N–H and O–H groups in total. The molecule has 2 aromatic rings. The molecule has 0 unspecified atom stereocenters. The lowest BCUT2D eigenvalue weighted by molar-refractivity contribution is 0.544. The van der Waals surface area contributed by atoms with Crippen molar-refractivity contribution in [3.8, 4) is 0 Å². The molecule has 2 aromatic heterocycles. The Morgan fingerprint density at radius 1 is 1.28 bits per heavy atom. The fraction of sp³-hybridized carbons (Fsp3) is 0.571. The van der Waals surface area contributed by atoms with Crippen LogP contribution in [0, 0.1) is 5.92 Å². The first-order chi connectivity index (χ1) is 8.68. The van der Waals surface area contributed by atoms with E-state index in [0.29, 0.717) is 0 Å². The first-order valence-corrected chi connectivity index (χ1v) is 6.68. The van der Waals surface area contributed by atoms with Crippen molar-refractivity contribution in [3.63, 3.8) is 0 Å². The SMILES string of the molecule is CC(C)CCCCNc1nccc2c1ncn2C. The quantitative estimate of drug-likeness (QED) is 0.796. The van der Waals surface area contributed by atoms with Gasteiger partial charge in [-0.2, -0.15) is 0 Å². The lowest BCUT2D eigenvalue weighted by Crippen LogP contribution is -2.04. The van der Waals surface area contributed by atoms with Gasteiger partial charge in [-0.05, 0) is 18.4 Å². The van der Waals surface area contributed by atoms with E-state index >= 15 is 0 Å². The van der Waals surface area contributed by atoms with E-state index in [1.807, 2.05) is 30.2 Å². The van der Waals surface area contributed by atoms with Crippen molar-refractivity contribution >= 4 is 16.9 Å². The molecular weight excluding hydrogens is 224 g/mol. The zero-order chi connectivity index (χ0) is 13.0. The number of aryl methyl sites for hydroxylation is 1. The molecule has 0 bridgehead atoms. The monoisotopic (exact) mass is 246 g/mol. The maximum absolute atomic E-state index is 4.38. The van der Waals surface area contributed by atoms with Crippen molar-refractivity contribution < 1.29 is 0 Å². The molecule has 18 heavy (non-hydrogen) atoms. The van der Waals surface area contributed by atoms with Gasteiger partial charge in [0, 0.05) is 19.8 Å². The first-order valence-electron chi connectivity index (χ1n) is 6.68. The van der Waals surface area contributed by atoms with Crippen molar-refractivity contribution in [2.24, 2.45) is 13.0 Å². The number of fused-ring (bicyclic) bond motifs is 1. The molecule has 98 valence electrons. The van der Waals surface area contributed by atoms with Gasteiger partial charge < -0.3 is 9.88 Å². The number of aromatic nitrogens is 3. The highest BCUT2D eigenvalue weighted by atomic mass is 15.1. The minimum absolute atomic E-state index is 0.794. The van der Waals surface area contributed by atoms with E-state index in [2.05, 4.69) is 29.1 Å². The summed E-state index contributed by atoms with van der Waals surface area (Å²) in [5, 5.41) is 3.39. The van der Waals surface area contributed by atoms with Gasteiger partial charge in [-0.15, -0.1) is 0 Å². The predicted molar refractivity (Wildman–Crippen MR) is 75.7 cm³/mol. The number of hydrogen-bond acceptors (Lipinski definition) is 3. The van der Waals surface area contributed by atoms with Gasteiger partial charge in [0.15, 0.2) is 5.82 Å². The van der Waals surface area contributed by atoms with E-state index in [0.717, 1.165) is 29.3 Å². The number of nitrogens with zero attached hydrogens (tertiary/aromatic N) is 3. The van der Waals surface area contributed by atoms with E-state index in [1.54, 1.807) is 0 Å². The maximum Gasteiger partial charge on any atom is 0.154 e. The molecule has 2 heterocycles. The largest absolute Gasteiger partial charge is 0.368 e. The molecule has 0 aliphatic heterocycles. The Bertz CT molecular complexity index is 501. The van der Waals surface area contributed by atoms with Crippen molar-refractivity contribution in [1.82, 2.24) is 14.5 Å². The highest BCUT2D eigenvalue weighted by molar-refractivity contribution is 5.85.